The zero-order chi connectivity index (χ0) is 15.5. The summed E-state index contributed by atoms with van der Waals surface area (Å²) >= 11 is 1.54. The Balaban J connectivity index is 1.94. The van der Waals surface area contributed by atoms with Crippen LogP contribution >= 0.6 is 11.3 Å². The molecule has 0 bridgehead atoms. The predicted octanol–water partition coefficient (Wildman–Crippen LogP) is 3.18. The molecule has 0 saturated heterocycles. The first-order valence-corrected chi connectivity index (χ1v) is 8.44. The summed E-state index contributed by atoms with van der Waals surface area (Å²) in [5.41, 5.74) is 1.19. The van der Waals surface area contributed by atoms with Crippen molar-refractivity contribution in [2.45, 2.75) is 38.1 Å². The second-order valence-electron chi connectivity index (χ2n) is 5.75. The van der Waals surface area contributed by atoms with Gasteiger partial charge in [0.2, 0.25) is 0 Å². The summed E-state index contributed by atoms with van der Waals surface area (Å²) in [5, 5.41) is 17.7. The van der Waals surface area contributed by atoms with Crippen molar-refractivity contribution in [1.82, 2.24) is 9.78 Å². The molecule has 1 aliphatic carbocycles. The number of hydrogen-bond donors (Lipinski definition) is 1. The second-order valence-corrected chi connectivity index (χ2v) is 6.53. The lowest BCUT2D eigenvalue weighted by atomic mass is 9.98. The molecule has 2 heterocycles. The Morgan fingerprint density at radius 2 is 2.14 bits per heavy atom. The van der Waals surface area contributed by atoms with Gasteiger partial charge in [0.1, 0.15) is 0 Å². The van der Waals surface area contributed by atoms with E-state index in [1.54, 1.807) is 17.4 Å². The van der Waals surface area contributed by atoms with Gasteiger partial charge >= 0.3 is 5.97 Å². The first-order valence-electron chi connectivity index (χ1n) is 7.50. The lowest BCUT2D eigenvalue weighted by Gasteiger charge is -2.18. The molecule has 1 saturated carbocycles. The van der Waals surface area contributed by atoms with Gasteiger partial charge in [0, 0.05) is 17.0 Å². The maximum absolute atomic E-state index is 12.1. The number of aliphatic carboxylic acids is 1. The third kappa shape index (κ3) is 3.11. The maximum atomic E-state index is 12.1. The molecule has 6 heteroatoms. The highest BCUT2D eigenvalue weighted by molar-refractivity contribution is 7.08. The molecule has 116 valence electrons. The van der Waals surface area contributed by atoms with Crippen LogP contribution in [-0.2, 0) is 4.79 Å². The average Bonchev–Trinajstić information content (AvgIpc) is 3.19. The van der Waals surface area contributed by atoms with Crippen LogP contribution in [-0.4, -0.2) is 20.9 Å². The van der Waals surface area contributed by atoms with E-state index in [0.29, 0.717) is 18.0 Å². The largest absolute Gasteiger partial charge is 0.480 e. The van der Waals surface area contributed by atoms with E-state index < -0.39 is 12.0 Å². The third-order valence-corrected chi connectivity index (χ3v) is 4.94. The number of nitrogens with zero attached hydrogens (tertiary/aromatic N) is 2. The van der Waals surface area contributed by atoms with Crippen LogP contribution in [0, 0.1) is 5.92 Å². The van der Waals surface area contributed by atoms with Crippen LogP contribution in [0.15, 0.2) is 33.8 Å². The van der Waals surface area contributed by atoms with Crippen molar-refractivity contribution < 1.29 is 9.90 Å². The van der Waals surface area contributed by atoms with Gasteiger partial charge in [-0.3, -0.25) is 4.79 Å². The predicted molar refractivity (Wildman–Crippen MR) is 85.1 cm³/mol. The number of carboxylic acids is 1. The molecule has 1 N–H and O–H groups in total. The third-order valence-electron chi connectivity index (χ3n) is 4.25. The quantitative estimate of drug-likeness (QED) is 0.919. The zero-order valence-electron chi connectivity index (χ0n) is 12.1. The molecule has 0 radical (unpaired) electrons. The van der Waals surface area contributed by atoms with E-state index >= 15 is 0 Å². The molecule has 5 nitrogen and oxygen atoms in total. The fourth-order valence-electron chi connectivity index (χ4n) is 3.08. The first kappa shape index (κ1) is 15.0. The smallest absolute Gasteiger partial charge is 0.328 e. The topological polar surface area (TPSA) is 72.2 Å². The van der Waals surface area contributed by atoms with E-state index in [9.17, 15) is 14.7 Å². The summed E-state index contributed by atoms with van der Waals surface area (Å²) in [7, 11) is 0. The van der Waals surface area contributed by atoms with Crippen LogP contribution in [0.1, 0.15) is 38.1 Å². The summed E-state index contributed by atoms with van der Waals surface area (Å²) in [6.45, 7) is 0. The van der Waals surface area contributed by atoms with Gasteiger partial charge in [0.15, 0.2) is 6.04 Å². The van der Waals surface area contributed by atoms with Gasteiger partial charge in [0.25, 0.3) is 5.56 Å². The van der Waals surface area contributed by atoms with Gasteiger partial charge in [-0.2, -0.15) is 16.4 Å². The highest BCUT2D eigenvalue weighted by Crippen LogP contribution is 2.31. The van der Waals surface area contributed by atoms with Crippen LogP contribution in [0.25, 0.3) is 11.3 Å². The van der Waals surface area contributed by atoms with Crippen molar-refractivity contribution in [2.75, 3.05) is 0 Å². The molecular weight excluding hydrogens is 300 g/mol. The van der Waals surface area contributed by atoms with Crippen molar-refractivity contribution >= 4 is 17.3 Å². The van der Waals surface area contributed by atoms with Crippen molar-refractivity contribution in [3.05, 3.63) is 39.3 Å². The number of aromatic nitrogens is 2. The standard InChI is InChI=1S/C16H18N2O3S/c19-15-6-5-13(12-7-8-22-10-12)17-18(15)14(16(20)21)9-11-3-1-2-4-11/h5-8,10-11,14H,1-4,9H2,(H,20,21). The van der Waals surface area contributed by atoms with E-state index in [-0.39, 0.29) is 5.56 Å². The number of rotatable bonds is 5. The molecular formula is C16H18N2O3S. The van der Waals surface area contributed by atoms with E-state index in [1.165, 1.54) is 6.07 Å². The van der Waals surface area contributed by atoms with Crippen molar-refractivity contribution in [1.29, 1.82) is 0 Å². The molecule has 2 aromatic heterocycles. The number of carbonyl (C=O) groups is 1. The molecule has 1 fully saturated rings. The van der Waals surface area contributed by atoms with Crippen LogP contribution in [0.3, 0.4) is 0 Å². The highest BCUT2D eigenvalue weighted by Gasteiger charge is 2.28. The van der Waals surface area contributed by atoms with Crippen molar-refractivity contribution in [3.8, 4) is 11.3 Å². The molecule has 22 heavy (non-hydrogen) atoms. The maximum Gasteiger partial charge on any atom is 0.328 e. The van der Waals surface area contributed by atoms with E-state index in [2.05, 4.69) is 5.10 Å². The fourth-order valence-corrected chi connectivity index (χ4v) is 3.73. The molecule has 1 atom stereocenters. The Morgan fingerprint density at radius 1 is 1.36 bits per heavy atom. The highest BCUT2D eigenvalue weighted by atomic mass is 32.1. The minimum atomic E-state index is -0.982. The fraction of sp³-hybridized carbons (Fsp3) is 0.438. The van der Waals surface area contributed by atoms with Crippen molar-refractivity contribution in [3.63, 3.8) is 0 Å². The Kier molecular flexibility index (Phi) is 4.38. The first-order chi connectivity index (χ1) is 10.6. The number of carboxylic acid groups (broad SMARTS) is 1. The summed E-state index contributed by atoms with van der Waals surface area (Å²) in [6, 6.07) is 4.09. The zero-order valence-corrected chi connectivity index (χ0v) is 13.0. The molecule has 0 amide bonds. The number of hydrogen-bond acceptors (Lipinski definition) is 4. The molecule has 1 aliphatic rings. The van der Waals surface area contributed by atoms with Crippen molar-refractivity contribution in [2.24, 2.45) is 5.92 Å². The molecule has 0 aliphatic heterocycles. The van der Waals surface area contributed by atoms with Gasteiger partial charge in [-0.25, -0.2) is 9.48 Å². The lowest BCUT2D eigenvalue weighted by molar-refractivity contribution is -0.142. The molecule has 2 aromatic rings. The molecule has 1 unspecified atom stereocenters. The minimum absolute atomic E-state index is 0.357. The lowest BCUT2D eigenvalue weighted by Crippen LogP contribution is -2.32. The van der Waals surface area contributed by atoms with Gasteiger partial charge in [-0.1, -0.05) is 25.7 Å². The van der Waals surface area contributed by atoms with Gasteiger partial charge in [-0.05, 0) is 29.9 Å². The Labute approximate surface area is 132 Å². The minimum Gasteiger partial charge on any atom is -0.480 e. The summed E-state index contributed by atoms with van der Waals surface area (Å²) in [4.78, 5) is 23.7. The van der Waals surface area contributed by atoms with Crippen LogP contribution < -0.4 is 5.56 Å². The summed E-state index contributed by atoms with van der Waals surface area (Å²) < 4.78 is 1.15. The summed E-state index contributed by atoms with van der Waals surface area (Å²) in [6.07, 6.45) is 4.86. The Bertz CT molecular complexity index is 702. The average molecular weight is 318 g/mol. The van der Waals surface area contributed by atoms with Gasteiger partial charge in [0.05, 0.1) is 5.69 Å². The Hall–Kier alpha value is -1.95. The van der Waals surface area contributed by atoms with Gasteiger partial charge < -0.3 is 5.11 Å². The normalized spacial score (nSPS) is 16.7. The molecule has 0 spiro atoms. The van der Waals surface area contributed by atoms with Crippen LogP contribution in [0.2, 0.25) is 0 Å². The van der Waals surface area contributed by atoms with Crippen LogP contribution in [0.4, 0.5) is 0 Å². The van der Waals surface area contributed by atoms with E-state index in [0.717, 1.165) is 35.9 Å². The van der Waals surface area contributed by atoms with E-state index in [1.807, 2.05) is 16.8 Å². The van der Waals surface area contributed by atoms with Crippen LogP contribution in [0.5, 0.6) is 0 Å². The van der Waals surface area contributed by atoms with E-state index in [4.69, 9.17) is 0 Å². The Morgan fingerprint density at radius 3 is 2.77 bits per heavy atom. The second kappa shape index (κ2) is 6.44. The summed E-state index contributed by atoms with van der Waals surface area (Å²) in [5.74, 6) is -0.608. The molecule has 3 rings (SSSR count). The van der Waals surface area contributed by atoms with Gasteiger partial charge in [-0.15, -0.1) is 0 Å². The SMILES string of the molecule is O=C(O)C(CC1CCCC1)n1nc(-c2ccsc2)ccc1=O. The molecule has 0 aromatic carbocycles. The number of thiophene rings is 1. The monoisotopic (exact) mass is 318 g/mol.